The van der Waals surface area contributed by atoms with Crippen molar-refractivity contribution in [1.29, 1.82) is 0 Å². The number of aryl methyl sites for hydroxylation is 1. The number of hydrazone groups is 1. The zero-order valence-corrected chi connectivity index (χ0v) is 17.9. The lowest BCUT2D eigenvalue weighted by atomic mass is 10.1. The number of pyridine rings is 1. The van der Waals surface area contributed by atoms with Crippen LogP contribution in [-0.4, -0.2) is 21.7 Å². The van der Waals surface area contributed by atoms with Crippen molar-refractivity contribution < 1.29 is 4.79 Å². The standard InChI is InChI=1S/C27H22N4O/c1-18-14-24(19(2)31(18)25-11-12-26-22(16-25)8-5-13-28-26)17-29-30-27(32)23-10-9-20-6-3-4-7-21(20)15-23/h3-17H,1-2H3,(H,30,32)/b29-17-. The van der Waals surface area contributed by atoms with Gasteiger partial charge in [-0.05, 0) is 67.1 Å². The van der Waals surface area contributed by atoms with Crippen molar-refractivity contribution in [3.8, 4) is 5.69 Å². The summed E-state index contributed by atoms with van der Waals surface area (Å²) in [6.07, 6.45) is 3.50. The van der Waals surface area contributed by atoms with Crippen molar-refractivity contribution in [3.63, 3.8) is 0 Å². The molecule has 0 bridgehead atoms. The van der Waals surface area contributed by atoms with Crippen LogP contribution in [0.25, 0.3) is 27.4 Å². The largest absolute Gasteiger partial charge is 0.318 e. The molecule has 2 aromatic heterocycles. The van der Waals surface area contributed by atoms with E-state index in [0.29, 0.717) is 5.56 Å². The molecule has 0 aliphatic rings. The molecule has 32 heavy (non-hydrogen) atoms. The van der Waals surface area contributed by atoms with Crippen LogP contribution in [0.3, 0.4) is 0 Å². The molecule has 2 heterocycles. The highest BCUT2D eigenvalue weighted by atomic mass is 16.2. The van der Waals surface area contributed by atoms with Gasteiger partial charge in [0.25, 0.3) is 5.91 Å². The molecule has 156 valence electrons. The molecule has 5 aromatic rings. The van der Waals surface area contributed by atoms with E-state index in [9.17, 15) is 4.79 Å². The van der Waals surface area contributed by atoms with Gasteiger partial charge in [0.2, 0.25) is 0 Å². The third kappa shape index (κ3) is 3.65. The van der Waals surface area contributed by atoms with Crippen LogP contribution in [0.5, 0.6) is 0 Å². The number of amides is 1. The molecule has 0 atom stereocenters. The fourth-order valence-corrected chi connectivity index (χ4v) is 4.07. The second-order valence-corrected chi connectivity index (χ2v) is 7.80. The van der Waals surface area contributed by atoms with Crippen LogP contribution in [0, 0.1) is 13.8 Å². The summed E-state index contributed by atoms with van der Waals surface area (Å²) in [4.78, 5) is 16.9. The van der Waals surface area contributed by atoms with Gasteiger partial charge in [-0.25, -0.2) is 5.43 Å². The van der Waals surface area contributed by atoms with Crippen molar-refractivity contribution in [2.24, 2.45) is 5.10 Å². The second-order valence-electron chi connectivity index (χ2n) is 7.80. The average Bonchev–Trinajstić information content (AvgIpc) is 3.11. The summed E-state index contributed by atoms with van der Waals surface area (Å²) in [6.45, 7) is 4.11. The van der Waals surface area contributed by atoms with E-state index in [0.717, 1.165) is 44.3 Å². The maximum absolute atomic E-state index is 12.5. The minimum atomic E-state index is -0.233. The Labute approximate surface area is 186 Å². The number of nitrogens with one attached hydrogen (secondary N) is 1. The number of aromatic nitrogens is 2. The Hall–Kier alpha value is -4.25. The number of carbonyl (C=O) groups is 1. The summed E-state index contributed by atoms with van der Waals surface area (Å²) >= 11 is 0. The van der Waals surface area contributed by atoms with E-state index in [1.807, 2.05) is 61.5 Å². The predicted molar refractivity (Wildman–Crippen MR) is 130 cm³/mol. The Morgan fingerprint density at radius 1 is 0.906 bits per heavy atom. The van der Waals surface area contributed by atoms with Gasteiger partial charge in [-0.3, -0.25) is 9.78 Å². The molecular weight excluding hydrogens is 396 g/mol. The molecule has 0 fully saturated rings. The zero-order valence-electron chi connectivity index (χ0n) is 17.9. The molecule has 0 saturated heterocycles. The summed E-state index contributed by atoms with van der Waals surface area (Å²) in [5.41, 5.74) is 8.36. The van der Waals surface area contributed by atoms with Crippen LogP contribution in [0.2, 0.25) is 0 Å². The average molecular weight is 419 g/mol. The normalized spacial score (nSPS) is 11.4. The first kappa shape index (κ1) is 19.7. The summed E-state index contributed by atoms with van der Waals surface area (Å²) < 4.78 is 2.18. The van der Waals surface area contributed by atoms with Gasteiger partial charge in [-0.2, -0.15) is 5.10 Å². The van der Waals surface area contributed by atoms with Gasteiger partial charge in [-0.15, -0.1) is 0 Å². The summed E-state index contributed by atoms with van der Waals surface area (Å²) in [7, 11) is 0. The Bertz CT molecular complexity index is 1500. The number of benzene rings is 3. The number of hydrogen-bond acceptors (Lipinski definition) is 3. The van der Waals surface area contributed by atoms with Crippen LogP contribution in [0.1, 0.15) is 27.3 Å². The minimum Gasteiger partial charge on any atom is -0.318 e. The second kappa shape index (κ2) is 8.12. The SMILES string of the molecule is Cc1cc(/C=N\NC(=O)c2ccc3ccccc3c2)c(C)n1-c1ccc2ncccc2c1. The third-order valence-corrected chi connectivity index (χ3v) is 5.70. The van der Waals surface area contributed by atoms with Crippen molar-refractivity contribution >= 4 is 33.8 Å². The third-order valence-electron chi connectivity index (χ3n) is 5.70. The maximum Gasteiger partial charge on any atom is 0.271 e. The van der Waals surface area contributed by atoms with Crippen molar-refractivity contribution in [2.75, 3.05) is 0 Å². The van der Waals surface area contributed by atoms with E-state index < -0.39 is 0 Å². The highest BCUT2D eigenvalue weighted by Crippen LogP contribution is 2.23. The molecule has 3 aromatic carbocycles. The van der Waals surface area contributed by atoms with E-state index >= 15 is 0 Å². The number of rotatable bonds is 4. The van der Waals surface area contributed by atoms with Crippen molar-refractivity contribution in [1.82, 2.24) is 15.0 Å². The monoisotopic (exact) mass is 418 g/mol. The number of carbonyl (C=O) groups excluding carboxylic acids is 1. The fourth-order valence-electron chi connectivity index (χ4n) is 4.07. The Balaban J connectivity index is 1.37. The van der Waals surface area contributed by atoms with Gasteiger partial charge < -0.3 is 4.57 Å². The lowest BCUT2D eigenvalue weighted by molar-refractivity contribution is 0.0955. The lowest BCUT2D eigenvalue weighted by Crippen LogP contribution is -2.17. The van der Waals surface area contributed by atoms with Crippen molar-refractivity contribution in [3.05, 3.63) is 108 Å². The Morgan fingerprint density at radius 3 is 2.59 bits per heavy atom. The molecule has 0 saturated carbocycles. The number of fused-ring (bicyclic) bond motifs is 2. The molecular formula is C27H22N4O. The van der Waals surface area contributed by atoms with Gasteiger partial charge in [0, 0.05) is 39.8 Å². The molecule has 1 N–H and O–H groups in total. The highest BCUT2D eigenvalue weighted by molar-refractivity contribution is 5.99. The van der Waals surface area contributed by atoms with E-state index in [4.69, 9.17) is 0 Å². The lowest BCUT2D eigenvalue weighted by Gasteiger charge is -2.10. The van der Waals surface area contributed by atoms with Crippen molar-refractivity contribution in [2.45, 2.75) is 13.8 Å². The van der Waals surface area contributed by atoms with E-state index in [1.54, 1.807) is 12.4 Å². The van der Waals surface area contributed by atoms with Gasteiger partial charge in [-0.1, -0.05) is 36.4 Å². The number of nitrogens with zero attached hydrogens (tertiary/aromatic N) is 3. The molecule has 0 unspecified atom stereocenters. The highest BCUT2D eigenvalue weighted by Gasteiger charge is 2.11. The molecule has 0 radical (unpaired) electrons. The molecule has 0 aliphatic heterocycles. The molecule has 0 spiro atoms. The smallest absolute Gasteiger partial charge is 0.271 e. The van der Waals surface area contributed by atoms with E-state index in [1.165, 1.54) is 0 Å². The summed E-state index contributed by atoms with van der Waals surface area (Å²) in [6, 6.07) is 25.9. The van der Waals surface area contributed by atoms with Crippen LogP contribution in [0.4, 0.5) is 0 Å². The maximum atomic E-state index is 12.5. The quantitative estimate of drug-likeness (QED) is 0.307. The van der Waals surface area contributed by atoms with E-state index in [2.05, 4.69) is 51.3 Å². The molecule has 5 heteroatoms. The van der Waals surface area contributed by atoms with Crippen LogP contribution < -0.4 is 5.43 Å². The minimum absolute atomic E-state index is 0.233. The molecule has 0 aliphatic carbocycles. The van der Waals surface area contributed by atoms with Gasteiger partial charge in [0.1, 0.15) is 0 Å². The van der Waals surface area contributed by atoms with Gasteiger partial charge in [0.05, 0.1) is 11.7 Å². The van der Waals surface area contributed by atoms with Gasteiger partial charge in [0.15, 0.2) is 0 Å². The van der Waals surface area contributed by atoms with Crippen LogP contribution in [0.15, 0.2) is 90.2 Å². The van der Waals surface area contributed by atoms with E-state index in [-0.39, 0.29) is 5.91 Å². The van der Waals surface area contributed by atoms with Gasteiger partial charge >= 0.3 is 0 Å². The first-order valence-electron chi connectivity index (χ1n) is 10.5. The summed E-state index contributed by atoms with van der Waals surface area (Å²) in [5.74, 6) is -0.233. The number of hydrogen-bond donors (Lipinski definition) is 1. The Morgan fingerprint density at radius 2 is 1.72 bits per heavy atom. The van der Waals surface area contributed by atoms with Crippen LogP contribution in [-0.2, 0) is 0 Å². The molecule has 5 rings (SSSR count). The summed E-state index contributed by atoms with van der Waals surface area (Å²) in [5, 5.41) is 7.43. The molecule has 5 nitrogen and oxygen atoms in total. The Kier molecular flexibility index (Phi) is 5.00. The fraction of sp³-hybridized carbons (Fsp3) is 0.0741. The topological polar surface area (TPSA) is 59.3 Å². The first-order chi connectivity index (χ1) is 15.6. The zero-order chi connectivity index (χ0) is 22.1. The molecule has 1 amide bonds. The van der Waals surface area contributed by atoms with Crippen LogP contribution >= 0.6 is 0 Å². The first-order valence-corrected chi connectivity index (χ1v) is 10.5. The predicted octanol–water partition coefficient (Wildman–Crippen LogP) is 5.56.